The summed E-state index contributed by atoms with van der Waals surface area (Å²) in [6, 6.07) is 8.93. The zero-order valence-electron chi connectivity index (χ0n) is 11.4. The number of hydrogen-bond acceptors (Lipinski definition) is 4. The predicted octanol–water partition coefficient (Wildman–Crippen LogP) is 2.76. The molecule has 0 amide bonds. The highest BCUT2D eigenvalue weighted by Crippen LogP contribution is 2.27. The largest absolute Gasteiger partial charge is 0.391 e. The minimum atomic E-state index is -3.58. The van der Waals surface area contributed by atoms with Gasteiger partial charge in [-0.05, 0) is 37.6 Å². The second kappa shape index (κ2) is 5.95. The second-order valence-electron chi connectivity index (χ2n) is 4.42. The number of benzene rings is 1. The number of aryl methyl sites for hydroxylation is 1. The van der Waals surface area contributed by atoms with Crippen LogP contribution in [0.3, 0.4) is 0 Å². The molecule has 0 aliphatic rings. The second-order valence-corrected chi connectivity index (χ2v) is 7.27. The van der Waals surface area contributed by atoms with E-state index in [2.05, 4.69) is 0 Å². The van der Waals surface area contributed by atoms with Crippen molar-refractivity contribution in [3.63, 3.8) is 0 Å². The summed E-state index contributed by atoms with van der Waals surface area (Å²) in [6.45, 7) is 3.95. The summed E-state index contributed by atoms with van der Waals surface area (Å²) in [6.07, 6.45) is 0. The smallest absolute Gasteiger partial charge is 0.265 e. The number of sulfonamides is 1. The average molecular weight is 311 g/mol. The van der Waals surface area contributed by atoms with Crippen LogP contribution >= 0.6 is 11.3 Å². The lowest BCUT2D eigenvalue weighted by molar-refractivity contribution is 0.285. The molecule has 1 N–H and O–H groups in total. The van der Waals surface area contributed by atoms with E-state index in [9.17, 15) is 8.42 Å². The zero-order valence-corrected chi connectivity index (χ0v) is 13.0. The molecule has 4 nitrogen and oxygen atoms in total. The summed E-state index contributed by atoms with van der Waals surface area (Å²) in [5, 5.41) is 10.6. The molecule has 6 heteroatoms. The molecule has 0 radical (unpaired) electrons. The van der Waals surface area contributed by atoms with Gasteiger partial charge in [-0.1, -0.05) is 12.1 Å². The van der Waals surface area contributed by atoms with Crippen molar-refractivity contribution < 1.29 is 13.5 Å². The molecule has 2 aromatic rings. The van der Waals surface area contributed by atoms with Crippen LogP contribution in [0.5, 0.6) is 0 Å². The van der Waals surface area contributed by atoms with Crippen molar-refractivity contribution in [2.75, 3.05) is 10.8 Å². The fourth-order valence-electron chi connectivity index (χ4n) is 1.98. The van der Waals surface area contributed by atoms with Crippen LogP contribution in [0.15, 0.2) is 40.6 Å². The first-order valence-electron chi connectivity index (χ1n) is 6.26. The van der Waals surface area contributed by atoms with E-state index in [0.717, 1.165) is 5.56 Å². The van der Waals surface area contributed by atoms with Gasteiger partial charge in [0.15, 0.2) is 0 Å². The Morgan fingerprint density at radius 1 is 1.30 bits per heavy atom. The lowest BCUT2D eigenvalue weighted by atomic mass is 10.2. The number of nitrogens with zero attached hydrogens (tertiary/aromatic N) is 1. The number of aliphatic hydroxyl groups is 1. The number of rotatable bonds is 5. The molecule has 0 atom stereocenters. The number of aliphatic hydroxyl groups excluding tert-OH is 1. The third kappa shape index (κ3) is 2.87. The molecule has 1 heterocycles. The normalized spacial score (nSPS) is 11.6. The molecule has 0 unspecified atom stereocenters. The Bertz CT molecular complexity index is 692. The fourth-order valence-corrected chi connectivity index (χ4v) is 4.57. The molecule has 0 saturated carbocycles. The van der Waals surface area contributed by atoms with Crippen molar-refractivity contribution in [1.82, 2.24) is 0 Å². The van der Waals surface area contributed by atoms with Crippen molar-refractivity contribution in [2.45, 2.75) is 25.3 Å². The first kappa shape index (κ1) is 15.0. The monoisotopic (exact) mass is 311 g/mol. The van der Waals surface area contributed by atoms with Crippen LogP contribution in [-0.4, -0.2) is 20.1 Å². The van der Waals surface area contributed by atoms with E-state index < -0.39 is 10.0 Å². The molecule has 0 aliphatic heterocycles. The molecule has 2 rings (SSSR count). The van der Waals surface area contributed by atoms with E-state index in [4.69, 9.17) is 5.11 Å². The topological polar surface area (TPSA) is 57.6 Å². The van der Waals surface area contributed by atoms with E-state index in [1.54, 1.807) is 18.4 Å². The fraction of sp³-hybridized carbons (Fsp3) is 0.286. The van der Waals surface area contributed by atoms with Crippen molar-refractivity contribution >= 4 is 27.0 Å². The molecule has 0 bridgehead atoms. The van der Waals surface area contributed by atoms with E-state index >= 15 is 0 Å². The molecular formula is C14H17NO3S2. The Morgan fingerprint density at radius 2 is 2.05 bits per heavy atom. The molecule has 1 aromatic heterocycles. The van der Waals surface area contributed by atoms with Crippen LogP contribution in [0.4, 0.5) is 5.69 Å². The summed E-state index contributed by atoms with van der Waals surface area (Å²) in [4.78, 5) is 0.874. The Kier molecular flexibility index (Phi) is 4.47. The Labute approximate surface area is 123 Å². The van der Waals surface area contributed by atoms with Crippen molar-refractivity contribution in [3.8, 4) is 0 Å². The van der Waals surface area contributed by atoms with Gasteiger partial charge in [0, 0.05) is 16.8 Å². The molecule has 20 heavy (non-hydrogen) atoms. The van der Waals surface area contributed by atoms with E-state index in [1.807, 2.05) is 25.1 Å². The maximum absolute atomic E-state index is 12.7. The molecule has 0 spiro atoms. The Balaban J connectivity index is 2.44. The summed E-state index contributed by atoms with van der Waals surface area (Å²) in [5.41, 5.74) is 1.67. The van der Waals surface area contributed by atoms with Gasteiger partial charge in [-0.2, -0.15) is 0 Å². The van der Waals surface area contributed by atoms with E-state index in [-0.39, 0.29) is 11.5 Å². The predicted molar refractivity (Wildman–Crippen MR) is 81.6 cm³/mol. The van der Waals surface area contributed by atoms with Gasteiger partial charge in [0.05, 0.1) is 17.2 Å². The van der Waals surface area contributed by atoms with Gasteiger partial charge in [0.25, 0.3) is 10.0 Å². The highest BCUT2D eigenvalue weighted by molar-refractivity contribution is 7.93. The maximum atomic E-state index is 12.7. The quantitative estimate of drug-likeness (QED) is 0.923. The van der Waals surface area contributed by atoms with Crippen molar-refractivity contribution in [2.24, 2.45) is 0 Å². The first-order chi connectivity index (χ1) is 9.48. The van der Waals surface area contributed by atoms with Gasteiger partial charge in [-0.3, -0.25) is 4.31 Å². The van der Waals surface area contributed by atoms with Crippen LogP contribution in [-0.2, 0) is 16.6 Å². The third-order valence-corrected chi connectivity index (χ3v) is 5.90. The number of hydrogen-bond donors (Lipinski definition) is 1. The summed E-state index contributed by atoms with van der Waals surface area (Å²) < 4.78 is 26.7. The van der Waals surface area contributed by atoms with Gasteiger partial charge < -0.3 is 5.11 Å². The molecule has 0 aliphatic carbocycles. The Morgan fingerprint density at radius 3 is 2.60 bits per heavy atom. The molecular weight excluding hydrogens is 294 g/mol. The van der Waals surface area contributed by atoms with Crippen LogP contribution in [0, 0.1) is 6.92 Å². The van der Waals surface area contributed by atoms with E-state index in [0.29, 0.717) is 17.1 Å². The van der Waals surface area contributed by atoms with Crippen LogP contribution < -0.4 is 4.31 Å². The minimum absolute atomic E-state index is 0.142. The van der Waals surface area contributed by atoms with Crippen LogP contribution in [0.25, 0.3) is 0 Å². The standard InChI is InChI=1S/C14H17NO3S2/c1-3-15(12-6-4-5-11(2)7-12)20(17,18)14-8-13(9-16)19-10-14/h4-8,10,16H,3,9H2,1-2H3. The van der Waals surface area contributed by atoms with Crippen molar-refractivity contribution in [1.29, 1.82) is 0 Å². The summed E-state index contributed by atoms with van der Waals surface area (Å²) >= 11 is 1.25. The highest BCUT2D eigenvalue weighted by Gasteiger charge is 2.24. The van der Waals surface area contributed by atoms with Gasteiger partial charge in [0.1, 0.15) is 0 Å². The maximum Gasteiger partial charge on any atom is 0.265 e. The molecule has 0 saturated heterocycles. The average Bonchev–Trinajstić information content (AvgIpc) is 2.89. The van der Waals surface area contributed by atoms with E-state index in [1.165, 1.54) is 21.7 Å². The highest BCUT2D eigenvalue weighted by atomic mass is 32.2. The van der Waals surface area contributed by atoms with Gasteiger partial charge in [0.2, 0.25) is 0 Å². The van der Waals surface area contributed by atoms with Gasteiger partial charge in [-0.25, -0.2) is 8.42 Å². The SMILES string of the molecule is CCN(c1cccc(C)c1)S(=O)(=O)c1csc(CO)c1. The van der Waals surface area contributed by atoms with Crippen LogP contribution in [0.2, 0.25) is 0 Å². The van der Waals surface area contributed by atoms with Gasteiger partial charge in [-0.15, -0.1) is 11.3 Å². The summed E-state index contributed by atoms with van der Waals surface area (Å²) in [5.74, 6) is 0. The lowest BCUT2D eigenvalue weighted by Crippen LogP contribution is -2.30. The number of anilines is 1. The minimum Gasteiger partial charge on any atom is -0.391 e. The first-order valence-corrected chi connectivity index (χ1v) is 8.58. The van der Waals surface area contributed by atoms with Crippen molar-refractivity contribution in [3.05, 3.63) is 46.2 Å². The zero-order chi connectivity index (χ0) is 14.8. The summed E-state index contributed by atoms with van der Waals surface area (Å²) in [7, 11) is -3.58. The van der Waals surface area contributed by atoms with Gasteiger partial charge >= 0.3 is 0 Å². The molecule has 108 valence electrons. The number of thiophene rings is 1. The lowest BCUT2D eigenvalue weighted by Gasteiger charge is -2.22. The molecule has 0 fully saturated rings. The third-order valence-electron chi connectivity index (χ3n) is 2.95. The van der Waals surface area contributed by atoms with Crippen LogP contribution in [0.1, 0.15) is 17.4 Å². The molecule has 1 aromatic carbocycles. The Hall–Kier alpha value is -1.37.